The van der Waals surface area contributed by atoms with Crippen molar-refractivity contribution in [3.8, 4) is 0 Å². The number of hydrogen-bond donors (Lipinski definition) is 1. The van der Waals surface area contributed by atoms with Gasteiger partial charge in [0.25, 0.3) is 0 Å². The van der Waals surface area contributed by atoms with Crippen LogP contribution in [0.3, 0.4) is 0 Å². The van der Waals surface area contributed by atoms with Crippen LogP contribution in [-0.2, 0) is 4.79 Å². The van der Waals surface area contributed by atoms with E-state index >= 15 is 0 Å². The predicted octanol–water partition coefficient (Wildman–Crippen LogP) is 2.79. The summed E-state index contributed by atoms with van der Waals surface area (Å²) < 4.78 is 0. The van der Waals surface area contributed by atoms with Gasteiger partial charge >= 0.3 is 0 Å². The maximum absolute atomic E-state index is 12.7. The van der Waals surface area contributed by atoms with Crippen molar-refractivity contribution < 1.29 is 4.79 Å². The Morgan fingerprint density at radius 2 is 2.00 bits per heavy atom. The quantitative estimate of drug-likeness (QED) is 0.835. The monoisotopic (exact) mass is 266 g/mol. The third kappa shape index (κ3) is 3.95. The minimum absolute atomic E-state index is 0.253. The topological polar surface area (TPSA) is 46.3 Å². The standard InChI is InChI=1S/C16H30N2O/c1-16(2)7-4-9-18(10-8-16)15(19)14-6-3-5-13(11-14)12-17/h13-14H,3-12,17H2,1-2H3. The van der Waals surface area contributed by atoms with E-state index in [1.807, 2.05) is 0 Å². The summed E-state index contributed by atoms with van der Waals surface area (Å²) in [4.78, 5) is 14.8. The normalized spacial score (nSPS) is 31.8. The van der Waals surface area contributed by atoms with Crippen LogP contribution in [0.15, 0.2) is 0 Å². The maximum atomic E-state index is 12.7. The molecule has 1 aliphatic heterocycles. The highest BCUT2D eigenvalue weighted by Gasteiger charge is 2.32. The van der Waals surface area contributed by atoms with Crippen LogP contribution in [0, 0.1) is 17.3 Å². The fourth-order valence-corrected chi connectivity index (χ4v) is 3.63. The molecule has 2 fully saturated rings. The Morgan fingerprint density at radius 3 is 2.74 bits per heavy atom. The highest BCUT2D eigenvalue weighted by atomic mass is 16.2. The van der Waals surface area contributed by atoms with E-state index < -0.39 is 0 Å². The van der Waals surface area contributed by atoms with Gasteiger partial charge in [0.05, 0.1) is 0 Å². The molecule has 3 heteroatoms. The van der Waals surface area contributed by atoms with E-state index in [9.17, 15) is 4.79 Å². The lowest BCUT2D eigenvalue weighted by molar-refractivity contribution is -0.137. The van der Waals surface area contributed by atoms with Gasteiger partial charge in [-0.3, -0.25) is 4.79 Å². The molecule has 0 aromatic rings. The van der Waals surface area contributed by atoms with E-state index in [2.05, 4.69) is 18.7 Å². The van der Waals surface area contributed by atoms with Crippen LogP contribution in [0.5, 0.6) is 0 Å². The molecule has 3 nitrogen and oxygen atoms in total. The molecule has 2 N–H and O–H groups in total. The van der Waals surface area contributed by atoms with E-state index in [4.69, 9.17) is 5.73 Å². The fourth-order valence-electron chi connectivity index (χ4n) is 3.63. The van der Waals surface area contributed by atoms with E-state index in [1.165, 1.54) is 19.3 Å². The first-order valence-electron chi connectivity index (χ1n) is 8.01. The van der Waals surface area contributed by atoms with Crippen molar-refractivity contribution in [2.75, 3.05) is 19.6 Å². The van der Waals surface area contributed by atoms with Crippen LogP contribution in [-0.4, -0.2) is 30.4 Å². The Bertz CT molecular complexity index is 314. The average Bonchev–Trinajstić information content (AvgIpc) is 2.59. The second-order valence-electron chi connectivity index (χ2n) is 7.31. The molecule has 1 aliphatic carbocycles. The molecular formula is C16H30N2O. The number of hydrogen-bond acceptors (Lipinski definition) is 2. The summed E-state index contributed by atoms with van der Waals surface area (Å²) in [6.45, 7) is 7.32. The molecule has 2 unspecified atom stereocenters. The lowest BCUT2D eigenvalue weighted by atomic mass is 9.80. The van der Waals surface area contributed by atoms with Gasteiger partial charge in [0.15, 0.2) is 0 Å². The number of nitrogens with zero attached hydrogens (tertiary/aromatic N) is 1. The highest BCUT2D eigenvalue weighted by molar-refractivity contribution is 5.79. The Kier molecular flexibility index (Phi) is 4.88. The lowest BCUT2D eigenvalue weighted by Gasteiger charge is -2.32. The summed E-state index contributed by atoms with van der Waals surface area (Å²) >= 11 is 0. The molecule has 1 saturated heterocycles. The Hall–Kier alpha value is -0.570. The number of rotatable bonds is 2. The van der Waals surface area contributed by atoms with Crippen molar-refractivity contribution in [3.63, 3.8) is 0 Å². The summed E-state index contributed by atoms with van der Waals surface area (Å²) in [6, 6.07) is 0. The van der Waals surface area contributed by atoms with Crippen LogP contribution in [0.1, 0.15) is 58.8 Å². The zero-order chi connectivity index (χ0) is 13.9. The van der Waals surface area contributed by atoms with Gasteiger partial charge in [-0.1, -0.05) is 20.3 Å². The summed E-state index contributed by atoms with van der Waals surface area (Å²) in [6.07, 6.45) is 8.04. The SMILES string of the molecule is CC1(C)CCCN(C(=O)C2CCCC(CN)C2)CC1. The van der Waals surface area contributed by atoms with Crippen molar-refractivity contribution in [2.24, 2.45) is 23.0 Å². The van der Waals surface area contributed by atoms with Gasteiger partial charge in [-0.25, -0.2) is 0 Å². The molecule has 2 rings (SSSR count). The van der Waals surface area contributed by atoms with Gasteiger partial charge < -0.3 is 10.6 Å². The number of likely N-dealkylation sites (tertiary alicyclic amines) is 1. The first-order valence-corrected chi connectivity index (χ1v) is 8.01. The first-order chi connectivity index (χ1) is 9.02. The number of amides is 1. The number of carbonyl (C=O) groups excluding carboxylic acids is 1. The summed E-state index contributed by atoms with van der Waals surface area (Å²) in [7, 11) is 0. The number of nitrogens with two attached hydrogens (primary N) is 1. The molecule has 1 amide bonds. The molecule has 2 aliphatic rings. The Morgan fingerprint density at radius 1 is 1.21 bits per heavy atom. The minimum Gasteiger partial charge on any atom is -0.342 e. The van der Waals surface area contributed by atoms with Crippen LogP contribution >= 0.6 is 0 Å². The maximum Gasteiger partial charge on any atom is 0.225 e. The van der Waals surface area contributed by atoms with Crippen molar-refractivity contribution in [2.45, 2.75) is 58.8 Å². The molecule has 0 aromatic heterocycles. The van der Waals surface area contributed by atoms with Gasteiger partial charge in [0.1, 0.15) is 0 Å². The molecule has 0 bridgehead atoms. The van der Waals surface area contributed by atoms with Gasteiger partial charge in [0.2, 0.25) is 5.91 Å². The third-order valence-corrected chi connectivity index (χ3v) is 5.12. The molecule has 0 aromatic carbocycles. The minimum atomic E-state index is 0.253. The zero-order valence-corrected chi connectivity index (χ0v) is 12.7. The zero-order valence-electron chi connectivity index (χ0n) is 12.7. The van der Waals surface area contributed by atoms with Crippen LogP contribution in [0.2, 0.25) is 0 Å². The third-order valence-electron chi connectivity index (χ3n) is 5.12. The number of carbonyl (C=O) groups is 1. The summed E-state index contributed by atoms with van der Waals surface area (Å²) in [5.74, 6) is 1.24. The average molecular weight is 266 g/mol. The van der Waals surface area contributed by atoms with Gasteiger partial charge in [-0.2, -0.15) is 0 Å². The molecular weight excluding hydrogens is 236 g/mol. The molecule has 0 radical (unpaired) electrons. The van der Waals surface area contributed by atoms with Crippen LogP contribution in [0.25, 0.3) is 0 Å². The smallest absolute Gasteiger partial charge is 0.225 e. The van der Waals surface area contributed by atoms with Crippen LogP contribution < -0.4 is 5.73 Å². The van der Waals surface area contributed by atoms with Gasteiger partial charge in [0, 0.05) is 19.0 Å². The second kappa shape index (κ2) is 6.25. The van der Waals surface area contributed by atoms with Gasteiger partial charge in [-0.05, 0) is 56.4 Å². The summed E-state index contributed by atoms with van der Waals surface area (Å²) in [5.41, 5.74) is 6.18. The fraction of sp³-hybridized carbons (Fsp3) is 0.938. The van der Waals surface area contributed by atoms with E-state index in [0.717, 1.165) is 45.3 Å². The van der Waals surface area contributed by atoms with E-state index in [1.54, 1.807) is 0 Å². The molecule has 1 saturated carbocycles. The predicted molar refractivity (Wildman–Crippen MR) is 78.7 cm³/mol. The summed E-state index contributed by atoms with van der Waals surface area (Å²) in [5, 5.41) is 0. The largest absolute Gasteiger partial charge is 0.342 e. The lowest BCUT2D eigenvalue weighted by Crippen LogP contribution is -2.39. The van der Waals surface area contributed by atoms with Crippen molar-refractivity contribution in [1.82, 2.24) is 4.90 Å². The molecule has 19 heavy (non-hydrogen) atoms. The Balaban J connectivity index is 1.91. The van der Waals surface area contributed by atoms with E-state index in [-0.39, 0.29) is 5.92 Å². The van der Waals surface area contributed by atoms with Crippen molar-refractivity contribution in [3.05, 3.63) is 0 Å². The van der Waals surface area contributed by atoms with Crippen molar-refractivity contribution in [1.29, 1.82) is 0 Å². The molecule has 2 atom stereocenters. The molecule has 1 heterocycles. The van der Waals surface area contributed by atoms with Crippen molar-refractivity contribution >= 4 is 5.91 Å². The van der Waals surface area contributed by atoms with Gasteiger partial charge in [-0.15, -0.1) is 0 Å². The van der Waals surface area contributed by atoms with Crippen LogP contribution in [0.4, 0.5) is 0 Å². The van der Waals surface area contributed by atoms with E-state index in [0.29, 0.717) is 17.2 Å². The molecule has 0 spiro atoms. The second-order valence-corrected chi connectivity index (χ2v) is 7.31. The molecule has 110 valence electrons. The Labute approximate surface area is 117 Å². The highest BCUT2D eigenvalue weighted by Crippen LogP contribution is 2.33. The first kappa shape index (κ1) is 14.8.